The lowest BCUT2D eigenvalue weighted by molar-refractivity contribution is -0.136. The van der Waals surface area contributed by atoms with E-state index in [1.165, 1.54) is 16.9 Å². The van der Waals surface area contributed by atoms with Crippen LogP contribution in [0.25, 0.3) is 16.6 Å². The Kier molecular flexibility index (Phi) is 5.05. The van der Waals surface area contributed by atoms with Gasteiger partial charge in [-0.15, -0.1) is 0 Å². The number of nitrogens with zero attached hydrogens (tertiary/aromatic N) is 3. The predicted molar refractivity (Wildman–Crippen MR) is 102 cm³/mol. The highest BCUT2D eigenvalue weighted by molar-refractivity contribution is 6.33. The van der Waals surface area contributed by atoms with Crippen LogP contribution in [0, 0.1) is 0 Å². The zero-order valence-electron chi connectivity index (χ0n) is 15.7. The lowest BCUT2D eigenvalue weighted by Crippen LogP contribution is -2.22. The summed E-state index contributed by atoms with van der Waals surface area (Å²) in [5.41, 5.74) is -1.27. The molecule has 0 aliphatic heterocycles. The SMILES string of the molecule is COC(=O)c1cc(Cl)c(C(F)(F)F)c2cc(CNC(=O)c3cnn4cccnc34)oc12. The van der Waals surface area contributed by atoms with E-state index in [2.05, 4.69) is 20.1 Å². The molecule has 0 radical (unpaired) electrons. The van der Waals surface area contributed by atoms with Crippen molar-refractivity contribution in [2.45, 2.75) is 12.7 Å². The van der Waals surface area contributed by atoms with Gasteiger partial charge in [0.15, 0.2) is 5.65 Å². The van der Waals surface area contributed by atoms with Gasteiger partial charge in [-0.25, -0.2) is 14.3 Å². The third-order valence-corrected chi connectivity index (χ3v) is 4.74. The van der Waals surface area contributed by atoms with Crippen molar-refractivity contribution in [3.63, 3.8) is 0 Å². The largest absolute Gasteiger partial charge is 0.465 e. The molecule has 0 atom stereocenters. The maximum absolute atomic E-state index is 13.5. The van der Waals surface area contributed by atoms with Crippen LogP contribution in [0.3, 0.4) is 0 Å². The molecule has 4 rings (SSSR count). The number of esters is 1. The van der Waals surface area contributed by atoms with Crippen LogP contribution >= 0.6 is 11.6 Å². The molecule has 0 saturated carbocycles. The highest BCUT2D eigenvalue weighted by Gasteiger charge is 2.38. The van der Waals surface area contributed by atoms with Crippen molar-refractivity contribution in [3.8, 4) is 0 Å². The van der Waals surface area contributed by atoms with E-state index < -0.39 is 34.0 Å². The number of amides is 1. The number of furan rings is 1. The third kappa shape index (κ3) is 3.67. The zero-order chi connectivity index (χ0) is 22.3. The molecule has 160 valence electrons. The first kappa shape index (κ1) is 20.7. The lowest BCUT2D eigenvalue weighted by Gasteiger charge is -2.11. The molecule has 31 heavy (non-hydrogen) atoms. The summed E-state index contributed by atoms with van der Waals surface area (Å²) in [7, 11) is 1.08. The molecule has 1 N–H and O–H groups in total. The van der Waals surface area contributed by atoms with Gasteiger partial charge in [-0.3, -0.25) is 4.79 Å². The van der Waals surface area contributed by atoms with E-state index in [0.717, 1.165) is 19.2 Å². The van der Waals surface area contributed by atoms with Gasteiger partial charge in [0.05, 0.1) is 30.4 Å². The van der Waals surface area contributed by atoms with Gasteiger partial charge in [0, 0.05) is 17.8 Å². The quantitative estimate of drug-likeness (QED) is 0.472. The van der Waals surface area contributed by atoms with Crippen molar-refractivity contribution in [1.29, 1.82) is 0 Å². The zero-order valence-corrected chi connectivity index (χ0v) is 16.4. The summed E-state index contributed by atoms with van der Waals surface area (Å²) >= 11 is 5.80. The minimum atomic E-state index is -4.79. The fourth-order valence-electron chi connectivity index (χ4n) is 3.11. The van der Waals surface area contributed by atoms with Gasteiger partial charge < -0.3 is 14.5 Å². The van der Waals surface area contributed by atoms with E-state index in [-0.39, 0.29) is 29.0 Å². The number of halogens is 4. The molecule has 12 heteroatoms. The van der Waals surface area contributed by atoms with Crippen molar-refractivity contribution in [3.05, 3.63) is 64.3 Å². The van der Waals surface area contributed by atoms with E-state index in [9.17, 15) is 22.8 Å². The Hall–Kier alpha value is -3.60. The van der Waals surface area contributed by atoms with Gasteiger partial charge >= 0.3 is 12.1 Å². The average molecular weight is 453 g/mol. The Morgan fingerprint density at radius 1 is 1.29 bits per heavy atom. The Morgan fingerprint density at radius 2 is 2.06 bits per heavy atom. The van der Waals surface area contributed by atoms with Crippen molar-refractivity contribution >= 4 is 40.1 Å². The number of carbonyl (C=O) groups excluding carboxylic acids is 2. The molecule has 0 fully saturated rings. The Bertz CT molecular complexity index is 1330. The summed E-state index contributed by atoms with van der Waals surface area (Å²) in [4.78, 5) is 28.5. The minimum Gasteiger partial charge on any atom is -0.465 e. The maximum Gasteiger partial charge on any atom is 0.418 e. The molecule has 0 aliphatic rings. The summed E-state index contributed by atoms with van der Waals surface area (Å²) in [5, 5.41) is 5.44. The fraction of sp³-hybridized carbons (Fsp3) is 0.158. The fourth-order valence-corrected chi connectivity index (χ4v) is 3.43. The van der Waals surface area contributed by atoms with E-state index in [1.807, 2.05) is 0 Å². The molecule has 3 aromatic heterocycles. The van der Waals surface area contributed by atoms with Crippen molar-refractivity contribution in [2.75, 3.05) is 7.11 Å². The van der Waals surface area contributed by atoms with Crippen molar-refractivity contribution in [2.24, 2.45) is 0 Å². The normalized spacial score (nSPS) is 11.8. The number of ether oxygens (including phenoxy) is 1. The number of hydrogen-bond acceptors (Lipinski definition) is 6. The second-order valence-electron chi connectivity index (χ2n) is 6.35. The van der Waals surface area contributed by atoms with Gasteiger partial charge in [0.1, 0.15) is 22.5 Å². The van der Waals surface area contributed by atoms with Gasteiger partial charge in [0.2, 0.25) is 0 Å². The van der Waals surface area contributed by atoms with E-state index in [1.54, 1.807) is 12.3 Å². The van der Waals surface area contributed by atoms with Gasteiger partial charge in [-0.1, -0.05) is 11.6 Å². The van der Waals surface area contributed by atoms with Crippen LogP contribution in [-0.4, -0.2) is 33.6 Å². The van der Waals surface area contributed by atoms with Crippen LogP contribution in [0.4, 0.5) is 13.2 Å². The predicted octanol–water partition coefficient (Wildman–Crippen LogP) is 3.86. The summed E-state index contributed by atoms with van der Waals surface area (Å²) in [6, 6.07) is 3.55. The Balaban J connectivity index is 1.70. The number of rotatable bonds is 4. The summed E-state index contributed by atoms with van der Waals surface area (Å²) in [6.07, 6.45) is -0.386. The summed E-state index contributed by atoms with van der Waals surface area (Å²) in [5.74, 6) is -1.50. The molecule has 8 nitrogen and oxygen atoms in total. The standard InChI is InChI=1S/C19H12ClF3N4O4/c1-30-18(29)11-6-13(20)14(19(21,22)23)10-5-9(31-15(10)11)7-25-17(28)12-8-26-27-4-2-3-24-16(12)27/h2-6,8H,7H2,1H3,(H,25,28). The molecule has 3 heterocycles. The molecular weight excluding hydrogens is 441 g/mol. The van der Waals surface area contributed by atoms with Gasteiger partial charge in [0.25, 0.3) is 5.91 Å². The first-order valence-electron chi connectivity index (χ1n) is 8.67. The Morgan fingerprint density at radius 3 is 2.77 bits per heavy atom. The van der Waals surface area contributed by atoms with Crippen molar-refractivity contribution in [1.82, 2.24) is 19.9 Å². The number of alkyl halides is 3. The second-order valence-corrected chi connectivity index (χ2v) is 6.76. The number of nitrogens with one attached hydrogen (secondary N) is 1. The highest BCUT2D eigenvalue weighted by atomic mass is 35.5. The molecule has 0 unspecified atom stereocenters. The minimum absolute atomic E-state index is 0.0225. The first-order chi connectivity index (χ1) is 14.7. The third-order valence-electron chi connectivity index (χ3n) is 4.44. The van der Waals surface area contributed by atoms with Gasteiger partial charge in [-0.2, -0.15) is 18.3 Å². The van der Waals surface area contributed by atoms with Crippen molar-refractivity contribution < 1.29 is 31.9 Å². The number of aromatic nitrogens is 3. The maximum atomic E-state index is 13.5. The highest BCUT2D eigenvalue weighted by Crippen LogP contribution is 2.42. The van der Waals surface area contributed by atoms with Crippen LogP contribution in [0.1, 0.15) is 32.0 Å². The van der Waals surface area contributed by atoms with Crippen LogP contribution in [0.15, 0.2) is 41.2 Å². The number of fused-ring (bicyclic) bond motifs is 2. The van der Waals surface area contributed by atoms with E-state index in [0.29, 0.717) is 5.65 Å². The summed E-state index contributed by atoms with van der Waals surface area (Å²) in [6.45, 7) is -0.257. The number of methoxy groups -OCH3 is 1. The molecular formula is C19H12ClF3N4O4. The molecule has 0 bridgehead atoms. The van der Waals surface area contributed by atoms with Crippen LogP contribution in [-0.2, 0) is 17.5 Å². The summed E-state index contributed by atoms with van der Waals surface area (Å²) < 4.78 is 52.0. The molecule has 0 saturated heterocycles. The topological polar surface area (TPSA) is 98.7 Å². The Labute approximate surface area is 176 Å². The molecule has 1 amide bonds. The van der Waals surface area contributed by atoms with Crippen LogP contribution in [0.5, 0.6) is 0 Å². The van der Waals surface area contributed by atoms with Crippen LogP contribution in [0.2, 0.25) is 5.02 Å². The average Bonchev–Trinajstić information content (AvgIpc) is 3.34. The molecule has 0 spiro atoms. The van der Waals surface area contributed by atoms with E-state index in [4.69, 9.17) is 16.0 Å². The second kappa shape index (κ2) is 7.58. The first-order valence-corrected chi connectivity index (χ1v) is 9.05. The number of benzene rings is 1. The monoisotopic (exact) mass is 452 g/mol. The number of carbonyl (C=O) groups is 2. The van der Waals surface area contributed by atoms with E-state index >= 15 is 0 Å². The van der Waals surface area contributed by atoms with Crippen LogP contribution < -0.4 is 5.32 Å². The number of hydrogen-bond donors (Lipinski definition) is 1. The lowest BCUT2D eigenvalue weighted by atomic mass is 10.1. The molecule has 0 aliphatic carbocycles. The smallest absolute Gasteiger partial charge is 0.418 e. The molecule has 4 aromatic rings. The van der Waals surface area contributed by atoms with Gasteiger partial charge in [-0.05, 0) is 18.2 Å². The molecule has 1 aromatic carbocycles.